The molecule has 0 bridgehead atoms. The van der Waals surface area contributed by atoms with Gasteiger partial charge in [-0.2, -0.15) is 0 Å². The fourth-order valence-electron chi connectivity index (χ4n) is 2.87. The number of ketones is 1. The van der Waals surface area contributed by atoms with Gasteiger partial charge in [-0.15, -0.1) is 11.3 Å². The van der Waals surface area contributed by atoms with E-state index in [1.54, 1.807) is 17.5 Å². The Labute approximate surface area is 148 Å². The summed E-state index contributed by atoms with van der Waals surface area (Å²) in [5.74, 6) is -1.04. The van der Waals surface area contributed by atoms with Gasteiger partial charge in [0.15, 0.2) is 5.78 Å². The van der Waals surface area contributed by atoms with Crippen LogP contribution in [0.15, 0.2) is 35.7 Å². The van der Waals surface area contributed by atoms with E-state index in [9.17, 15) is 18.8 Å². The summed E-state index contributed by atoms with van der Waals surface area (Å²) >= 11 is 1.30. The van der Waals surface area contributed by atoms with Gasteiger partial charge in [0.25, 0.3) is 0 Å². The Hall–Kier alpha value is -2.54. The molecule has 130 valence electrons. The smallest absolute Gasteiger partial charge is 0.247 e. The third-order valence-electron chi connectivity index (χ3n) is 4.05. The molecule has 0 aliphatic carbocycles. The molecule has 1 saturated heterocycles. The normalized spacial score (nSPS) is 17.3. The highest BCUT2D eigenvalue weighted by molar-refractivity contribution is 7.12. The first-order valence-corrected chi connectivity index (χ1v) is 8.74. The van der Waals surface area contributed by atoms with Crippen LogP contribution in [0.2, 0.25) is 0 Å². The van der Waals surface area contributed by atoms with Crippen molar-refractivity contribution in [1.29, 1.82) is 0 Å². The molecular formula is C18H17FN2O3S. The highest BCUT2D eigenvalue weighted by Crippen LogP contribution is 2.25. The maximum absolute atomic E-state index is 13.5. The molecule has 0 saturated carbocycles. The molecule has 5 nitrogen and oxygen atoms in total. The monoisotopic (exact) mass is 360 g/mol. The quantitative estimate of drug-likeness (QED) is 0.851. The summed E-state index contributed by atoms with van der Waals surface area (Å²) in [4.78, 5) is 38.5. The predicted octanol–water partition coefficient (Wildman–Crippen LogP) is 2.33. The van der Waals surface area contributed by atoms with Crippen molar-refractivity contribution >= 4 is 28.9 Å². The van der Waals surface area contributed by atoms with E-state index in [4.69, 9.17) is 0 Å². The number of benzene rings is 1. The molecule has 0 spiro atoms. The molecule has 3 rings (SSSR count). The molecule has 1 atom stereocenters. The van der Waals surface area contributed by atoms with Crippen molar-refractivity contribution in [3.63, 3.8) is 0 Å². The summed E-state index contributed by atoms with van der Waals surface area (Å²) in [6.45, 7) is 2.20. The van der Waals surface area contributed by atoms with Gasteiger partial charge in [-0.1, -0.05) is 12.1 Å². The summed E-state index contributed by atoms with van der Waals surface area (Å²) in [5.41, 5.74) is 1.18. The molecule has 1 aliphatic heterocycles. The average molecular weight is 360 g/mol. The molecule has 1 aliphatic rings. The number of rotatable bonds is 4. The van der Waals surface area contributed by atoms with Gasteiger partial charge >= 0.3 is 0 Å². The lowest BCUT2D eigenvalue weighted by atomic mass is 10.0. The third kappa shape index (κ3) is 3.76. The van der Waals surface area contributed by atoms with Gasteiger partial charge in [-0.25, -0.2) is 4.39 Å². The number of hydrogen-bond donors (Lipinski definition) is 1. The van der Waals surface area contributed by atoms with Gasteiger partial charge in [0, 0.05) is 13.1 Å². The number of hydrogen-bond acceptors (Lipinski definition) is 4. The summed E-state index contributed by atoms with van der Waals surface area (Å²) < 4.78 is 13.5. The Morgan fingerprint density at radius 2 is 2.16 bits per heavy atom. The number of carbonyl (C=O) groups excluding carboxylic acids is 3. The van der Waals surface area contributed by atoms with E-state index >= 15 is 0 Å². The Morgan fingerprint density at radius 1 is 1.36 bits per heavy atom. The van der Waals surface area contributed by atoms with Crippen molar-refractivity contribution in [2.24, 2.45) is 0 Å². The van der Waals surface area contributed by atoms with Gasteiger partial charge in [-0.3, -0.25) is 14.4 Å². The molecule has 1 fully saturated rings. The predicted molar refractivity (Wildman–Crippen MR) is 91.9 cm³/mol. The van der Waals surface area contributed by atoms with Crippen LogP contribution in [0.5, 0.6) is 0 Å². The Bertz CT molecular complexity index is 833. The number of halogens is 1. The highest BCUT2D eigenvalue weighted by atomic mass is 32.1. The number of Topliss-reactive ketones (excluding diaryl/α,β-unsaturated/α-hetero) is 1. The number of nitrogens with zero attached hydrogens (tertiary/aromatic N) is 1. The third-order valence-corrected chi connectivity index (χ3v) is 5.13. The minimum atomic E-state index is -0.845. The maximum atomic E-state index is 13.5. The first-order chi connectivity index (χ1) is 12.0. The van der Waals surface area contributed by atoms with E-state index in [2.05, 4.69) is 5.32 Å². The van der Waals surface area contributed by atoms with Crippen LogP contribution in [-0.2, 0) is 16.0 Å². The molecule has 2 aromatic rings. The Morgan fingerprint density at radius 3 is 2.84 bits per heavy atom. The van der Waals surface area contributed by atoms with Gasteiger partial charge < -0.3 is 10.2 Å². The van der Waals surface area contributed by atoms with Crippen molar-refractivity contribution < 1.29 is 18.8 Å². The van der Waals surface area contributed by atoms with Gasteiger partial charge in [0.2, 0.25) is 11.8 Å². The topological polar surface area (TPSA) is 66.5 Å². The van der Waals surface area contributed by atoms with Gasteiger partial charge in [-0.05, 0) is 41.6 Å². The molecule has 1 aromatic carbocycles. The molecule has 0 unspecified atom stereocenters. The SMILES string of the molecule is CC(=O)c1cc(CC(=O)N2CCNC(=O)[C@H]2c2cccc(F)c2)cs1. The van der Waals surface area contributed by atoms with Crippen molar-refractivity contribution in [2.75, 3.05) is 13.1 Å². The van der Waals surface area contributed by atoms with Crippen molar-refractivity contribution in [1.82, 2.24) is 10.2 Å². The fraction of sp³-hybridized carbons (Fsp3) is 0.278. The zero-order chi connectivity index (χ0) is 18.0. The average Bonchev–Trinajstić information content (AvgIpc) is 3.03. The van der Waals surface area contributed by atoms with E-state index in [1.807, 2.05) is 0 Å². The van der Waals surface area contributed by atoms with Crippen LogP contribution in [0.25, 0.3) is 0 Å². The standard InChI is InChI=1S/C18H17FN2O3S/c1-11(22)15-7-12(10-25-15)8-16(23)21-6-5-20-18(24)17(21)13-3-2-4-14(19)9-13/h2-4,7,9-10,17H,5-6,8H2,1H3,(H,20,24)/t17-/m1/s1. The number of amides is 2. The zero-order valence-electron chi connectivity index (χ0n) is 13.6. The molecule has 2 heterocycles. The Kier molecular flexibility index (Phi) is 4.94. The van der Waals surface area contributed by atoms with Crippen LogP contribution < -0.4 is 5.32 Å². The number of piperazine rings is 1. The summed E-state index contributed by atoms with van der Waals surface area (Å²) in [6.07, 6.45) is 0.100. The van der Waals surface area contributed by atoms with Crippen LogP contribution in [0.4, 0.5) is 4.39 Å². The van der Waals surface area contributed by atoms with E-state index in [0.717, 1.165) is 5.56 Å². The Balaban J connectivity index is 1.83. The summed E-state index contributed by atoms with van der Waals surface area (Å²) in [7, 11) is 0. The molecule has 0 radical (unpaired) electrons. The first kappa shape index (κ1) is 17.3. The molecule has 1 N–H and O–H groups in total. The van der Waals surface area contributed by atoms with Crippen LogP contribution in [0, 0.1) is 5.82 Å². The van der Waals surface area contributed by atoms with Crippen LogP contribution >= 0.6 is 11.3 Å². The summed E-state index contributed by atoms with van der Waals surface area (Å²) in [5, 5.41) is 4.49. The van der Waals surface area contributed by atoms with E-state index in [-0.39, 0.29) is 24.0 Å². The largest absolute Gasteiger partial charge is 0.352 e. The number of carbonyl (C=O) groups is 3. The molecule has 7 heteroatoms. The molecule has 2 amide bonds. The van der Waals surface area contributed by atoms with Crippen LogP contribution in [-0.4, -0.2) is 35.6 Å². The van der Waals surface area contributed by atoms with E-state index in [1.165, 1.54) is 41.4 Å². The van der Waals surface area contributed by atoms with Crippen molar-refractivity contribution in [3.8, 4) is 0 Å². The van der Waals surface area contributed by atoms with Crippen molar-refractivity contribution in [3.05, 3.63) is 57.5 Å². The molecule has 1 aromatic heterocycles. The first-order valence-electron chi connectivity index (χ1n) is 7.86. The lowest BCUT2D eigenvalue weighted by Crippen LogP contribution is -2.52. The van der Waals surface area contributed by atoms with E-state index in [0.29, 0.717) is 23.5 Å². The van der Waals surface area contributed by atoms with Gasteiger partial charge in [0.05, 0.1) is 11.3 Å². The van der Waals surface area contributed by atoms with Crippen molar-refractivity contribution in [2.45, 2.75) is 19.4 Å². The second kappa shape index (κ2) is 7.14. The molecule has 25 heavy (non-hydrogen) atoms. The van der Waals surface area contributed by atoms with E-state index < -0.39 is 11.9 Å². The second-order valence-corrected chi connectivity index (χ2v) is 6.80. The lowest BCUT2D eigenvalue weighted by molar-refractivity contribution is -0.143. The fourth-order valence-corrected chi connectivity index (χ4v) is 3.69. The minimum absolute atomic E-state index is 0.0429. The zero-order valence-corrected chi connectivity index (χ0v) is 14.4. The van der Waals surface area contributed by atoms with Crippen LogP contribution in [0.1, 0.15) is 33.8 Å². The second-order valence-electron chi connectivity index (χ2n) is 5.89. The summed E-state index contributed by atoms with van der Waals surface area (Å²) in [6, 6.07) is 6.58. The molecular weight excluding hydrogens is 343 g/mol. The lowest BCUT2D eigenvalue weighted by Gasteiger charge is -2.35. The van der Waals surface area contributed by atoms with Crippen LogP contribution in [0.3, 0.4) is 0 Å². The maximum Gasteiger partial charge on any atom is 0.247 e. The number of nitrogens with one attached hydrogen (secondary N) is 1. The number of thiophene rings is 1. The minimum Gasteiger partial charge on any atom is -0.352 e. The highest BCUT2D eigenvalue weighted by Gasteiger charge is 2.34. The van der Waals surface area contributed by atoms with Gasteiger partial charge in [0.1, 0.15) is 11.9 Å².